The number of carbonyl (C=O) groups excluding carboxylic acids is 1. The standard InChI is InChI=1S/C14H18IN3O/c15-11-7-16-18-12(11)13(19)17-14-4-8-1-9(5-14)3-10(2-8)6-14/h7-10H,1-6H2,(H,16,18)(H,17,19). The van der Waals surface area contributed by atoms with Crippen molar-refractivity contribution in [2.45, 2.75) is 44.1 Å². The van der Waals surface area contributed by atoms with E-state index >= 15 is 0 Å². The van der Waals surface area contributed by atoms with Crippen LogP contribution in [0.2, 0.25) is 0 Å². The van der Waals surface area contributed by atoms with Crippen molar-refractivity contribution >= 4 is 28.5 Å². The maximum absolute atomic E-state index is 12.4. The third kappa shape index (κ3) is 2.00. The quantitative estimate of drug-likeness (QED) is 0.786. The number of rotatable bonds is 2. The topological polar surface area (TPSA) is 57.8 Å². The van der Waals surface area contributed by atoms with Crippen LogP contribution < -0.4 is 5.32 Å². The van der Waals surface area contributed by atoms with Crippen molar-refractivity contribution < 1.29 is 4.79 Å². The molecule has 0 unspecified atom stereocenters. The smallest absolute Gasteiger partial charge is 0.270 e. The molecule has 0 aromatic carbocycles. The number of H-pyrrole nitrogens is 1. The Kier molecular flexibility index (Phi) is 2.69. The first-order valence-corrected chi connectivity index (χ1v) is 8.23. The van der Waals surface area contributed by atoms with Gasteiger partial charge in [-0.3, -0.25) is 9.89 Å². The lowest BCUT2D eigenvalue weighted by Crippen LogP contribution is -2.59. The molecule has 0 saturated heterocycles. The van der Waals surface area contributed by atoms with Gasteiger partial charge in [-0.2, -0.15) is 5.10 Å². The van der Waals surface area contributed by atoms with Crippen molar-refractivity contribution in [2.24, 2.45) is 17.8 Å². The molecule has 19 heavy (non-hydrogen) atoms. The maximum Gasteiger partial charge on any atom is 0.270 e. The predicted octanol–water partition coefficient (Wildman–Crippen LogP) is 2.71. The van der Waals surface area contributed by atoms with E-state index in [2.05, 4.69) is 38.1 Å². The Balaban J connectivity index is 1.56. The summed E-state index contributed by atoms with van der Waals surface area (Å²) in [5, 5.41) is 10.1. The lowest BCUT2D eigenvalue weighted by molar-refractivity contribution is -0.0168. The molecule has 0 atom stereocenters. The summed E-state index contributed by atoms with van der Waals surface area (Å²) in [4.78, 5) is 12.4. The van der Waals surface area contributed by atoms with Gasteiger partial charge in [-0.05, 0) is 78.9 Å². The Bertz CT molecular complexity index is 489. The molecule has 2 N–H and O–H groups in total. The zero-order valence-corrected chi connectivity index (χ0v) is 12.9. The van der Waals surface area contributed by atoms with Gasteiger partial charge in [0.25, 0.3) is 5.91 Å². The fourth-order valence-electron chi connectivity index (χ4n) is 5.00. The molecule has 0 radical (unpaired) electrons. The van der Waals surface area contributed by atoms with Gasteiger partial charge in [0.2, 0.25) is 0 Å². The molecule has 4 fully saturated rings. The molecular formula is C14H18IN3O. The first-order chi connectivity index (χ1) is 9.13. The molecule has 1 heterocycles. The second-order valence-corrected chi connectivity index (χ2v) is 7.91. The molecule has 1 aromatic rings. The summed E-state index contributed by atoms with van der Waals surface area (Å²) in [5.74, 6) is 2.59. The summed E-state index contributed by atoms with van der Waals surface area (Å²) in [6.07, 6.45) is 9.47. The van der Waals surface area contributed by atoms with Crippen molar-refractivity contribution in [1.29, 1.82) is 0 Å². The van der Waals surface area contributed by atoms with Crippen LogP contribution in [0.15, 0.2) is 6.20 Å². The SMILES string of the molecule is O=C(NC12CC3CC(CC(C3)C1)C2)c1[nH]ncc1I. The van der Waals surface area contributed by atoms with E-state index in [0.29, 0.717) is 5.69 Å². The molecule has 0 spiro atoms. The van der Waals surface area contributed by atoms with Crippen LogP contribution in [0, 0.1) is 21.3 Å². The largest absolute Gasteiger partial charge is 0.345 e. The second-order valence-electron chi connectivity index (χ2n) is 6.74. The van der Waals surface area contributed by atoms with E-state index < -0.39 is 0 Å². The first-order valence-electron chi connectivity index (χ1n) is 7.15. The maximum atomic E-state index is 12.4. The highest BCUT2D eigenvalue weighted by molar-refractivity contribution is 14.1. The number of halogens is 1. The lowest BCUT2D eigenvalue weighted by atomic mass is 9.53. The highest BCUT2D eigenvalue weighted by atomic mass is 127. The molecule has 4 nitrogen and oxygen atoms in total. The van der Waals surface area contributed by atoms with Crippen LogP contribution in [0.4, 0.5) is 0 Å². The van der Waals surface area contributed by atoms with E-state index in [-0.39, 0.29) is 11.4 Å². The number of aromatic nitrogens is 2. The Morgan fingerprint density at radius 1 is 1.26 bits per heavy atom. The predicted molar refractivity (Wildman–Crippen MR) is 79.7 cm³/mol. The molecule has 5 heteroatoms. The van der Waals surface area contributed by atoms with E-state index in [4.69, 9.17) is 0 Å². The zero-order valence-electron chi connectivity index (χ0n) is 10.8. The highest BCUT2D eigenvalue weighted by Gasteiger charge is 2.51. The van der Waals surface area contributed by atoms with Crippen molar-refractivity contribution in [3.05, 3.63) is 15.5 Å². The molecule has 4 aliphatic carbocycles. The number of hydrogen-bond acceptors (Lipinski definition) is 2. The molecule has 4 saturated carbocycles. The lowest BCUT2D eigenvalue weighted by Gasteiger charge is -2.56. The Morgan fingerprint density at radius 3 is 2.32 bits per heavy atom. The van der Waals surface area contributed by atoms with Crippen molar-refractivity contribution in [2.75, 3.05) is 0 Å². The molecular weight excluding hydrogens is 353 g/mol. The molecule has 5 rings (SSSR count). The summed E-state index contributed by atoms with van der Waals surface area (Å²) < 4.78 is 0.903. The molecule has 102 valence electrons. The average Bonchev–Trinajstić information content (AvgIpc) is 2.72. The minimum Gasteiger partial charge on any atom is -0.345 e. The monoisotopic (exact) mass is 371 g/mol. The van der Waals surface area contributed by atoms with Crippen LogP contribution in [0.5, 0.6) is 0 Å². The van der Waals surface area contributed by atoms with Gasteiger partial charge in [-0.25, -0.2) is 0 Å². The summed E-state index contributed by atoms with van der Waals surface area (Å²) in [6, 6.07) is 0. The Morgan fingerprint density at radius 2 is 1.84 bits per heavy atom. The minimum atomic E-state index is 0.0313. The van der Waals surface area contributed by atoms with Gasteiger partial charge in [0.15, 0.2) is 0 Å². The van der Waals surface area contributed by atoms with Crippen LogP contribution in [0.1, 0.15) is 49.0 Å². The van der Waals surface area contributed by atoms with Gasteiger partial charge in [0.05, 0.1) is 9.77 Å². The van der Waals surface area contributed by atoms with Crippen LogP contribution in [-0.2, 0) is 0 Å². The molecule has 1 amide bonds. The summed E-state index contributed by atoms with van der Waals surface area (Å²) in [5.41, 5.74) is 0.705. The normalized spacial score (nSPS) is 39.5. The number of hydrogen-bond donors (Lipinski definition) is 2. The van der Waals surface area contributed by atoms with E-state index in [1.165, 1.54) is 38.5 Å². The fraction of sp³-hybridized carbons (Fsp3) is 0.714. The summed E-state index contributed by atoms with van der Waals surface area (Å²) >= 11 is 2.16. The number of carbonyl (C=O) groups is 1. The molecule has 4 aliphatic rings. The third-order valence-corrected chi connectivity index (χ3v) is 6.05. The second kappa shape index (κ2) is 4.20. The number of amides is 1. The van der Waals surface area contributed by atoms with Crippen molar-refractivity contribution in [3.63, 3.8) is 0 Å². The molecule has 4 bridgehead atoms. The van der Waals surface area contributed by atoms with Gasteiger partial charge in [-0.1, -0.05) is 0 Å². The Labute approximate surface area is 126 Å². The van der Waals surface area contributed by atoms with Gasteiger partial charge < -0.3 is 5.32 Å². The number of nitrogens with zero attached hydrogens (tertiary/aromatic N) is 1. The van der Waals surface area contributed by atoms with E-state index in [1.54, 1.807) is 6.20 Å². The zero-order chi connectivity index (χ0) is 13.0. The van der Waals surface area contributed by atoms with Gasteiger partial charge in [-0.15, -0.1) is 0 Å². The fourth-order valence-corrected chi connectivity index (χ4v) is 5.50. The van der Waals surface area contributed by atoms with Crippen molar-refractivity contribution in [1.82, 2.24) is 15.5 Å². The van der Waals surface area contributed by atoms with Gasteiger partial charge in [0, 0.05) is 5.54 Å². The van der Waals surface area contributed by atoms with Crippen LogP contribution in [0.25, 0.3) is 0 Å². The third-order valence-electron chi connectivity index (χ3n) is 5.24. The van der Waals surface area contributed by atoms with E-state index in [9.17, 15) is 4.79 Å². The minimum absolute atomic E-state index is 0.0313. The molecule has 0 aliphatic heterocycles. The Hall–Kier alpha value is -0.590. The average molecular weight is 371 g/mol. The highest BCUT2D eigenvalue weighted by Crippen LogP contribution is 2.55. The van der Waals surface area contributed by atoms with Crippen molar-refractivity contribution in [3.8, 4) is 0 Å². The molecule has 1 aromatic heterocycles. The van der Waals surface area contributed by atoms with Crippen LogP contribution in [0.3, 0.4) is 0 Å². The number of nitrogens with one attached hydrogen (secondary N) is 2. The summed E-state index contributed by atoms with van der Waals surface area (Å²) in [6.45, 7) is 0. The van der Waals surface area contributed by atoms with Gasteiger partial charge in [0.1, 0.15) is 5.69 Å². The number of aromatic amines is 1. The van der Waals surface area contributed by atoms with Crippen LogP contribution >= 0.6 is 22.6 Å². The first kappa shape index (κ1) is 12.2. The summed E-state index contributed by atoms with van der Waals surface area (Å²) in [7, 11) is 0. The van der Waals surface area contributed by atoms with E-state index in [1.807, 2.05) is 0 Å². The van der Waals surface area contributed by atoms with Crippen LogP contribution in [-0.4, -0.2) is 21.6 Å². The van der Waals surface area contributed by atoms with Gasteiger partial charge >= 0.3 is 0 Å². The van der Waals surface area contributed by atoms with E-state index in [0.717, 1.165) is 21.3 Å².